The van der Waals surface area contributed by atoms with E-state index in [1.165, 1.54) is 38.7 Å². The fourth-order valence-corrected chi connectivity index (χ4v) is 19.3. The van der Waals surface area contributed by atoms with E-state index in [9.17, 15) is 86.6 Å². The van der Waals surface area contributed by atoms with Crippen molar-refractivity contribution in [2.24, 2.45) is 68.3 Å². The second-order valence-corrected chi connectivity index (χ2v) is 49.0. The van der Waals surface area contributed by atoms with E-state index in [0.717, 1.165) is 57.6 Å². The van der Waals surface area contributed by atoms with E-state index in [4.69, 9.17) is 48.7 Å². The molecule has 0 saturated carbocycles. The zero-order valence-electron chi connectivity index (χ0n) is 98.3. The number of nitrogens with zero attached hydrogens (tertiary/aromatic N) is 8. The summed E-state index contributed by atoms with van der Waals surface area (Å²) >= 11 is 3.13. The number of esters is 1. The summed E-state index contributed by atoms with van der Waals surface area (Å²) < 4.78 is 41.8. The number of alkyl halides is 1. The van der Waals surface area contributed by atoms with E-state index in [1.54, 1.807) is 74.1 Å². The normalized spacial score (nSPS) is 19.0. The van der Waals surface area contributed by atoms with E-state index >= 15 is 0 Å². The summed E-state index contributed by atoms with van der Waals surface area (Å²) in [5.41, 5.74) is 0.145. The number of amides is 8. The number of rotatable bonds is 23. The van der Waals surface area contributed by atoms with Gasteiger partial charge < -0.3 is 97.8 Å². The zero-order valence-corrected chi connectivity index (χ0v) is 99.9. The third-order valence-corrected chi connectivity index (χ3v) is 28.6. The van der Waals surface area contributed by atoms with Gasteiger partial charge >= 0.3 is 48.5 Å². The average molecular weight is 2190 g/mol. The highest BCUT2D eigenvalue weighted by atomic mass is 79.9. The second kappa shape index (κ2) is 64.4. The van der Waals surface area contributed by atoms with Crippen molar-refractivity contribution >= 4 is 117 Å². The van der Waals surface area contributed by atoms with Crippen molar-refractivity contribution in [1.82, 2.24) is 39.2 Å². The molecule has 8 amide bonds. The quantitative estimate of drug-likeness (QED) is 0.0281. The molecule has 0 radical (unpaired) electrons. The molecule has 9 aliphatic rings. The molecule has 0 aromatic rings. The van der Waals surface area contributed by atoms with Crippen LogP contribution < -0.4 is 5.73 Å². The summed E-state index contributed by atoms with van der Waals surface area (Å²) in [4.78, 5) is 215. The molecule has 37 heteroatoms. The minimum Gasteiger partial charge on any atom is -0.480 e. The number of aliphatic carboxylic acids is 1. The van der Waals surface area contributed by atoms with Gasteiger partial charge in [-0.2, -0.15) is 0 Å². The van der Waals surface area contributed by atoms with Crippen LogP contribution in [0.1, 0.15) is 356 Å². The molecule has 0 bridgehead atoms. The van der Waals surface area contributed by atoms with Crippen molar-refractivity contribution in [2.75, 3.05) is 124 Å². The molecule has 150 heavy (non-hydrogen) atoms. The van der Waals surface area contributed by atoms with E-state index in [2.05, 4.69) is 42.9 Å². The number of aldehydes is 1. The average Bonchev–Trinajstić information content (AvgIpc) is 1.61. The number of methoxy groups -OCH3 is 1. The number of carbonyl (C=O) groups is 17. The first kappa shape index (κ1) is 141. The molecule has 864 valence electrons. The Bertz CT molecular complexity index is 4110. The predicted molar refractivity (Wildman–Crippen MR) is 584 cm³/mol. The second-order valence-electron chi connectivity index (χ2n) is 48.4. The van der Waals surface area contributed by atoms with Crippen LogP contribution in [0.5, 0.6) is 0 Å². The summed E-state index contributed by atoms with van der Waals surface area (Å²) in [5, 5.41) is 17.4. The molecule has 0 unspecified atom stereocenters. The number of carboxylic acid groups (broad SMARTS) is 1. The Morgan fingerprint density at radius 2 is 0.680 bits per heavy atom. The van der Waals surface area contributed by atoms with Crippen LogP contribution in [-0.2, 0) is 90.6 Å². The number of aliphatic hydroxyl groups excluding tert-OH is 1. The van der Waals surface area contributed by atoms with Crippen molar-refractivity contribution in [3.63, 3.8) is 0 Å². The lowest BCUT2D eigenvalue weighted by Crippen LogP contribution is -2.51. The topological polar surface area (TPSA) is 456 Å². The Kier molecular flexibility index (Phi) is 60.5. The minimum absolute atomic E-state index is 0.0310. The number of allylic oxidation sites excluding steroid dienone is 2. The van der Waals surface area contributed by atoms with Crippen LogP contribution in [0.3, 0.4) is 0 Å². The Labute approximate surface area is 907 Å². The van der Waals surface area contributed by atoms with Gasteiger partial charge in [-0.25, -0.2) is 33.6 Å². The molecule has 9 fully saturated rings. The number of aliphatic hydroxyl groups is 1. The molecule has 4 atom stereocenters. The third-order valence-electron chi connectivity index (χ3n) is 28.1. The van der Waals surface area contributed by atoms with Gasteiger partial charge in [0.05, 0.1) is 35.9 Å². The lowest BCUT2D eigenvalue weighted by molar-refractivity contribution is -0.153. The van der Waals surface area contributed by atoms with Crippen LogP contribution in [0.2, 0.25) is 0 Å². The number of piperidine rings is 6. The van der Waals surface area contributed by atoms with Gasteiger partial charge in [0.2, 0.25) is 11.8 Å². The Morgan fingerprint density at radius 3 is 0.887 bits per heavy atom. The van der Waals surface area contributed by atoms with Crippen LogP contribution >= 0.6 is 15.9 Å². The molecule has 9 heterocycles. The van der Waals surface area contributed by atoms with Gasteiger partial charge in [0.1, 0.15) is 74.9 Å². The highest BCUT2D eigenvalue weighted by molar-refractivity contribution is 9.09. The first-order valence-electron chi connectivity index (χ1n) is 53.9. The molecule has 0 aromatic heterocycles. The molecule has 0 aliphatic carbocycles. The number of hydrogen-bond acceptors (Lipinski definition) is 27. The maximum Gasteiger partial charge on any atom is 0.410 e. The van der Waals surface area contributed by atoms with Gasteiger partial charge in [-0.1, -0.05) is 89.9 Å². The van der Waals surface area contributed by atoms with Gasteiger partial charge in [-0.05, 0) is 312 Å². The van der Waals surface area contributed by atoms with Gasteiger partial charge in [0.15, 0.2) is 5.78 Å². The van der Waals surface area contributed by atoms with Crippen molar-refractivity contribution in [1.29, 1.82) is 0 Å². The number of carbonyl (C=O) groups excluding carboxylic acids is 16. The van der Waals surface area contributed by atoms with Crippen LogP contribution in [0.25, 0.3) is 0 Å². The highest BCUT2D eigenvalue weighted by Crippen LogP contribution is 2.47. The lowest BCUT2D eigenvalue weighted by Gasteiger charge is -2.40. The molecule has 36 nitrogen and oxygen atoms in total. The number of carboxylic acids is 1. The van der Waals surface area contributed by atoms with E-state index in [-0.39, 0.29) is 148 Å². The monoisotopic (exact) mass is 2190 g/mol. The van der Waals surface area contributed by atoms with Crippen molar-refractivity contribution < 1.29 is 130 Å². The maximum absolute atomic E-state index is 13.1. The standard InChI is InChI=1S/C21H37NO4.C19H32N2O4.C18H30N2O5.C15H25NO3.C14H23NO4.C12H21NO4.C6H13NO.C4H8O.C3H5Br.CH4O/c1-15(2)18(16(3)23)9-8-10-21(17(4)24)11-13-22(14-12-21)19(25)26-20(5,6)7;1-13(2)15(14(3)22)21-12-9-19(16(21)23)7-10-20(11-8-19)17(24)25-18(4,5)6;1-12(2)13(14(21)22)20-11-8-18(15(20)23)6-9-19(10-7-18)16(24)25-17(3,4)5;1-6-7-15(12(2)17)8-10-16(11-9-15)13(18)19-14(3,4)5;1-11(17)14(7-10-16)5-8-15(9-6-14)12(18)19-13(2,3)4;1-12(2,3)17-11(15)13-7-5-9(6-8-13)10(14)16-4;1-4(2)6(7)5(3)8;1-2-4-5-3-1;1-2-3-4;1-2/h15,18H,8-14H2,1-7H3;13,15H,7-12H2,1-6H3;12-13H,6-11H2,1-5H3,(H,21,22);6H,1,7-11H2,2-5H3;10H,5-9H2,1-4H3;9H,5-8H2,1-4H3;4,6H,7H2,1-3H3;1-4H2;2H,1,3H2;2H,1H3/t18-;15-;13-;;;;6-;;;/m000...0.../s1. The summed E-state index contributed by atoms with van der Waals surface area (Å²) in [6, 6.07) is -1.39. The number of ether oxygens (including phenoxy) is 8. The van der Waals surface area contributed by atoms with Crippen LogP contribution in [0, 0.1) is 62.6 Å². The predicted octanol–water partition coefficient (Wildman–Crippen LogP) is 19.5. The lowest BCUT2D eigenvalue weighted by atomic mass is 9.71. The van der Waals surface area contributed by atoms with E-state index in [1.807, 2.05) is 166 Å². The fourth-order valence-electron chi connectivity index (χ4n) is 19.3. The van der Waals surface area contributed by atoms with Crippen LogP contribution in [-0.4, -0.2) is 327 Å². The Hall–Kier alpha value is -8.97. The number of nitrogens with two attached hydrogens (primary N) is 1. The largest absolute Gasteiger partial charge is 0.480 e. The van der Waals surface area contributed by atoms with Gasteiger partial charge in [-0.3, -0.25) is 43.2 Å². The zero-order chi connectivity index (χ0) is 116. The van der Waals surface area contributed by atoms with Crippen molar-refractivity contribution in [3.8, 4) is 0 Å². The van der Waals surface area contributed by atoms with Crippen LogP contribution in [0.4, 0.5) is 28.8 Å². The number of Topliss-reactive ketones (excluding diaryl/α,β-unsaturated/α-hetero) is 6. The SMILES string of the molecule is C1CCOC1.C=CCBr.C=CCC1(C(C)=O)CCN(C(=O)OC(C)(C)C)CC1.CC(=O)C1(CC=O)CCN(C(=O)OC(C)(C)C)CC1.CC(=O)[C@@H](CCCC1(C(C)=O)CCN(C(=O)OC(C)(C)C)CC1)C(C)C.CC(=O)[C@@H](N)C(C)C.CC(=O)[C@H](C(C)C)N1CCC2(CCN(C(=O)OC(C)(C)C)CC2)C1=O.CC(C)[C@@H](C(=O)O)N1CCC2(CCN(C(=O)OC(C)(C)C)CC2)C1=O.CO.COC(=O)C1CCN(C(=O)OC(C)(C)C)CC1. The first-order valence-corrected chi connectivity index (χ1v) is 55.0. The number of ketones is 6. The van der Waals surface area contributed by atoms with Crippen molar-refractivity contribution in [3.05, 3.63) is 25.3 Å². The molecule has 9 aliphatic heterocycles. The summed E-state index contributed by atoms with van der Waals surface area (Å²) in [5.74, 6) is 0.204. The van der Waals surface area contributed by atoms with Gasteiger partial charge in [-0.15, -0.1) is 13.2 Å². The Morgan fingerprint density at radius 1 is 0.407 bits per heavy atom. The maximum atomic E-state index is 13.1. The molecular weight excluding hydrogens is 2000 g/mol. The molecule has 9 rings (SSSR count). The molecule has 0 aromatic carbocycles. The smallest absolute Gasteiger partial charge is 0.410 e. The third kappa shape index (κ3) is 49.2. The first-order chi connectivity index (χ1) is 69.0. The van der Waals surface area contributed by atoms with Gasteiger partial charge in [0.25, 0.3) is 0 Å². The number of hydrogen-bond donors (Lipinski definition) is 3. The molecule has 2 spiro atoms. The minimum atomic E-state index is -0.952. The summed E-state index contributed by atoms with van der Waals surface area (Å²) in [6.45, 7) is 74.8. The fraction of sp³-hybridized carbons (Fsp3) is 0.814. The van der Waals surface area contributed by atoms with E-state index < -0.39 is 61.9 Å². The number of halogens is 1. The molecule has 9 saturated heterocycles. The highest BCUT2D eigenvalue weighted by Gasteiger charge is 2.55. The number of likely N-dealkylation sites (tertiary alicyclic amines) is 8. The van der Waals surface area contributed by atoms with E-state index in [0.29, 0.717) is 187 Å². The molecule has 4 N–H and O–H groups in total. The van der Waals surface area contributed by atoms with Crippen LogP contribution in [0.15, 0.2) is 25.3 Å². The summed E-state index contributed by atoms with van der Waals surface area (Å²) in [7, 11) is 2.39. The summed E-state index contributed by atoms with van der Waals surface area (Å²) in [6.07, 6.45) is 17.4. The Balaban J connectivity index is 0.00000172. The van der Waals surface area contributed by atoms with Crippen molar-refractivity contribution in [2.45, 2.75) is 408 Å². The van der Waals surface area contributed by atoms with Gasteiger partial charge in [0, 0.05) is 146 Å². The molecular formula is C113H198BrN9O27.